The average Bonchev–Trinajstić information content (AvgIpc) is 3.63. The van der Waals surface area contributed by atoms with Crippen LogP contribution in [-0.4, -0.2) is 0 Å². The van der Waals surface area contributed by atoms with Gasteiger partial charge >= 0.3 is 0 Å². The Bertz CT molecular complexity index is 3960. The summed E-state index contributed by atoms with van der Waals surface area (Å²) in [7, 11) is 0. The molecule has 0 aliphatic rings. The van der Waals surface area contributed by atoms with Crippen molar-refractivity contribution in [3.8, 4) is 44.5 Å². The third-order valence-electron chi connectivity index (χ3n) is 14.9. The molecule has 0 spiro atoms. The first-order valence-electron chi connectivity index (χ1n) is 27.4. The molecule has 0 bridgehead atoms. The minimum Gasteiger partial charge on any atom is -0.310 e. The fraction of sp³-hybridized carbons (Fsp3) is 0. The van der Waals surface area contributed by atoms with E-state index in [0.29, 0.717) is 0 Å². The largest absolute Gasteiger partial charge is 0.310 e. The molecule has 13 rings (SSSR count). The Morgan fingerprint density at radius 3 is 0.812 bits per heavy atom. The maximum absolute atomic E-state index is 2.44. The highest BCUT2D eigenvalue weighted by Crippen LogP contribution is 2.48. The number of anilines is 6. The Kier molecular flexibility index (Phi) is 13.8. The third-order valence-corrected chi connectivity index (χ3v) is 14.9. The molecule has 0 atom stereocenters. The summed E-state index contributed by atoms with van der Waals surface area (Å²) in [5, 5.41) is 4.69. The van der Waals surface area contributed by atoms with Crippen LogP contribution in [0.1, 0.15) is 22.3 Å². The monoisotopic (exact) mass is 1020 g/mol. The van der Waals surface area contributed by atoms with Crippen molar-refractivity contribution >= 4 is 80.0 Å². The normalized spacial score (nSPS) is 11.4. The van der Waals surface area contributed by atoms with Gasteiger partial charge in [-0.3, -0.25) is 0 Å². The van der Waals surface area contributed by atoms with Crippen LogP contribution in [0, 0.1) is 0 Å². The van der Waals surface area contributed by atoms with E-state index in [1.54, 1.807) is 0 Å². The van der Waals surface area contributed by atoms with Gasteiger partial charge in [0.15, 0.2) is 0 Å². The van der Waals surface area contributed by atoms with Crippen LogP contribution in [0.4, 0.5) is 34.1 Å². The van der Waals surface area contributed by atoms with Crippen molar-refractivity contribution in [3.05, 3.63) is 338 Å². The van der Waals surface area contributed by atoms with E-state index < -0.39 is 0 Å². The van der Waals surface area contributed by atoms with E-state index in [2.05, 4.69) is 350 Å². The molecule has 13 aromatic carbocycles. The molecule has 2 nitrogen and oxygen atoms in total. The van der Waals surface area contributed by atoms with Crippen LogP contribution in [-0.2, 0) is 0 Å². The van der Waals surface area contributed by atoms with Gasteiger partial charge < -0.3 is 9.80 Å². The van der Waals surface area contributed by atoms with Crippen molar-refractivity contribution < 1.29 is 0 Å². The lowest BCUT2D eigenvalue weighted by Crippen LogP contribution is -2.09. The van der Waals surface area contributed by atoms with Gasteiger partial charge in [-0.25, -0.2) is 0 Å². The van der Waals surface area contributed by atoms with Crippen molar-refractivity contribution in [1.29, 1.82) is 0 Å². The van der Waals surface area contributed by atoms with Gasteiger partial charge in [-0.15, -0.1) is 0 Å². The van der Waals surface area contributed by atoms with E-state index in [9.17, 15) is 0 Å². The first-order valence-corrected chi connectivity index (χ1v) is 27.4. The van der Waals surface area contributed by atoms with Crippen molar-refractivity contribution in [2.75, 3.05) is 9.80 Å². The third kappa shape index (κ3) is 10.4. The van der Waals surface area contributed by atoms with Gasteiger partial charge in [-0.05, 0) is 185 Å². The molecule has 0 amide bonds. The van der Waals surface area contributed by atoms with Gasteiger partial charge in [0, 0.05) is 34.1 Å². The minimum absolute atomic E-state index is 1.07. The fourth-order valence-electron chi connectivity index (χ4n) is 11.2. The molecular weight excluding hydrogens is 965 g/mol. The lowest BCUT2D eigenvalue weighted by atomic mass is 9.83. The molecule has 0 radical (unpaired) electrons. The standard InChI is InChI=1S/C78H56N2/c1-7-23-57(24-8-1)43-45-59-27-19-29-61(51-59)63-47-49-73-75(55-63)77(65-31-21-41-71(53-65)79(67-33-11-3-12-34-67)68-35-13-4-14-36-68)74-50-48-64(62-30-20-28-60(52-62)46-44-58-25-9-2-10-26-58)56-76(74)78(73)66-32-22-42-72(54-66)80(69-37-15-5-16-38-69)70-39-17-6-18-40-70/h1-56H. The molecule has 2 heteroatoms. The second-order valence-electron chi connectivity index (χ2n) is 20.1. The average molecular weight is 1020 g/mol. The molecule has 0 aliphatic carbocycles. The summed E-state index contributed by atoms with van der Waals surface area (Å²) in [4.78, 5) is 4.71. The molecule has 0 saturated heterocycles. The van der Waals surface area contributed by atoms with Gasteiger partial charge in [0.1, 0.15) is 0 Å². The lowest BCUT2D eigenvalue weighted by Gasteiger charge is -2.27. The first kappa shape index (κ1) is 49.1. The van der Waals surface area contributed by atoms with Crippen LogP contribution < -0.4 is 9.80 Å². The Hall–Kier alpha value is -10.5. The number of rotatable bonds is 14. The topological polar surface area (TPSA) is 6.48 Å². The number of para-hydroxylation sites is 4. The number of fused-ring (bicyclic) bond motifs is 2. The molecule has 0 heterocycles. The van der Waals surface area contributed by atoms with E-state index in [1.165, 1.54) is 43.8 Å². The molecular formula is C78H56N2. The summed E-state index contributed by atoms with van der Waals surface area (Å²) in [6, 6.07) is 114. The van der Waals surface area contributed by atoms with Crippen LogP contribution in [0.25, 0.3) is 90.4 Å². The van der Waals surface area contributed by atoms with Crippen LogP contribution in [0.15, 0.2) is 315 Å². The molecule has 378 valence electrons. The first-order chi connectivity index (χ1) is 39.7. The molecule has 80 heavy (non-hydrogen) atoms. The van der Waals surface area contributed by atoms with E-state index in [-0.39, 0.29) is 0 Å². The molecule has 0 fully saturated rings. The summed E-state index contributed by atoms with van der Waals surface area (Å²) >= 11 is 0. The maximum atomic E-state index is 2.44. The quantitative estimate of drug-likeness (QED) is 0.0791. The van der Waals surface area contributed by atoms with Crippen molar-refractivity contribution in [2.45, 2.75) is 0 Å². The van der Waals surface area contributed by atoms with E-state index in [0.717, 1.165) is 78.6 Å². The Morgan fingerprint density at radius 1 is 0.175 bits per heavy atom. The van der Waals surface area contributed by atoms with E-state index in [4.69, 9.17) is 0 Å². The predicted molar refractivity (Wildman–Crippen MR) is 343 cm³/mol. The smallest absolute Gasteiger partial charge is 0.0467 e. The second kappa shape index (κ2) is 22.6. The van der Waals surface area contributed by atoms with Crippen LogP contribution >= 0.6 is 0 Å². The lowest BCUT2D eigenvalue weighted by molar-refractivity contribution is 1.28. The van der Waals surface area contributed by atoms with Crippen LogP contribution in [0.2, 0.25) is 0 Å². The summed E-state index contributed by atoms with van der Waals surface area (Å²) in [6.45, 7) is 0. The maximum Gasteiger partial charge on any atom is 0.0467 e. The van der Waals surface area contributed by atoms with E-state index in [1.807, 2.05) is 0 Å². The molecule has 0 unspecified atom stereocenters. The predicted octanol–water partition coefficient (Wildman–Crippen LogP) is 21.9. The molecule has 0 N–H and O–H groups in total. The number of hydrogen-bond donors (Lipinski definition) is 0. The second-order valence-corrected chi connectivity index (χ2v) is 20.1. The van der Waals surface area contributed by atoms with Gasteiger partial charge in [-0.2, -0.15) is 0 Å². The summed E-state index contributed by atoms with van der Waals surface area (Å²) in [5.41, 5.74) is 20.4. The molecule has 0 aromatic heterocycles. The molecule has 0 aliphatic heterocycles. The minimum atomic E-state index is 1.07. The van der Waals surface area contributed by atoms with Gasteiger partial charge in [0.05, 0.1) is 0 Å². The summed E-state index contributed by atoms with van der Waals surface area (Å²) in [5.74, 6) is 0. The highest BCUT2D eigenvalue weighted by Gasteiger charge is 2.22. The number of hydrogen-bond acceptors (Lipinski definition) is 2. The fourth-order valence-corrected chi connectivity index (χ4v) is 11.2. The van der Waals surface area contributed by atoms with Crippen molar-refractivity contribution in [3.63, 3.8) is 0 Å². The SMILES string of the molecule is C(=Cc1cccc(-c2ccc3c(-c4cccc(N(c5ccccc5)c5ccccc5)c4)c4cc(-c5cccc(C=Cc6ccccc6)c5)ccc4c(-c4cccc(N(c5ccccc5)c5ccccc5)c4)c3c2)c1)c1ccccc1. The van der Waals surface area contributed by atoms with Crippen LogP contribution in [0.5, 0.6) is 0 Å². The van der Waals surface area contributed by atoms with E-state index >= 15 is 0 Å². The number of benzene rings is 13. The Labute approximate surface area is 469 Å². The zero-order valence-corrected chi connectivity index (χ0v) is 44.2. The zero-order valence-electron chi connectivity index (χ0n) is 44.2. The van der Waals surface area contributed by atoms with Gasteiger partial charge in [0.25, 0.3) is 0 Å². The number of nitrogens with zero attached hydrogens (tertiary/aromatic N) is 2. The summed E-state index contributed by atoms with van der Waals surface area (Å²) in [6.07, 6.45) is 8.80. The highest BCUT2D eigenvalue weighted by atomic mass is 15.1. The van der Waals surface area contributed by atoms with Crippen molar-refractivity contribution in [1.82, 2.24) is 0 Å². The van der Waals surface area contributed by atoms with Gasteiger partial charge in [-0.1, -0.05) is 243 Å². The van der Waals surface area contributed by atoms with Crippen LogP contribution in [0.3, 0.4) is 0 Å². The van der Waals surface area contributed by atoms with Gasteiger partial charge in [0.2, 0.25) is 0 Å². The Morgan fingerprint density at radius 2 is 0.450 bits per heavy atom. The van der Waals surface area contributed by atoms with Crippen molar-refractivity contribution in [2.24, 2.45) is 0 Å². The zero-order chi connectivity index (χ0) is 53.5. The molecule has 0 saturated carbocycles. The highest BCUT2D eigenvalue weighted by molar-refractivity contribution is 6.23. The Balaban J connectivity index is 1.07. The summed E-state index contributed by atoms with van der Waals surface area (Å²) < 4.78 is 0. The molecule has 13 aromatic rings.